The Labute approximate surface area is 66.4 Å². The molecule has 0 aromatic rings. The van der Waals surface area contributed by atoms with Crippen LogP contribution in [-0.4, -0.2) is 0 Å². The third-order valence-electron chi connectivity index (χ3n) is 3.27. The van der Waals surface area contributed by atoms with Crippen LogP contribution in [0.3, 0.4) is 0 Å². The Kier molecular flexibility index (Phi) is 1.20. The molecule has 11 heavy (non-hydrogen) atoms. The third-order valence-corrected chi connectivity index (χ3v) is 3.27. The standard InChI is InChI=1S/C9H10N2/c10-5-8-3-7-1-2-9(8,4-7)6-11/h7-8H,1-4H2. The summed E-state index contributed by atoms with van der Waals surface area (Å²) in [4.78, 5) is 0. The molecule has 2 rings (SSSR count). The summed E-state index contributed by atoms with van der Waals surface area (Å²) in [5.41, 5.74) is -0.237. The summed E-state index contributed by atoms with van der Waals surface area (Å²) in [5.74, 6) is 0.713. The maximum absolute atomic E-state index is 8.94. The highest BCUT2D eigenvalue weighted by Crippen LogP contribution is 2.56. The van der Waals surface area contributed by atoms with E-state index in [2.05, 4.69) is 12.1 Å². The lowest BCUT2D eigenvalue weighted by atomic mass is 9.77. The van der Waals surface area contributed by atoms with E-state index in [4.69, 9.17) is 10.5 Å². The second-order valence-electron chi connectivity index (χ2n) is 3.79. The smallest absolute Gasteiger partial charge is 0.0734 e. The van der Waals surface area contributed by atoms with Crippen molar-refractivity contribution >= 4 is 0 Å². The van der Waals surface area contributed by atoms with Crippen LogP contribution in [0.25, 0.3) is 0 Å². The van der Waals surface area contributed by atoms with E-state index in [1.54, 1.807) is 0 Å². The Bertz CT molecular complexity index is 258. The molecule has 0 heterocycles. The lowest BCUT2D eigenvalue weighted by Crippen LogP contribution is -2.21. The van der Waals surface area contributed by atoms with E-state index in [1.165, 1.54) is 6.42 Å². The van der Waals surface area contributed by atoms with Gasteiger partial charge in [0, 0.05) is 0 Å². The summed E-state index contributed by atoms with van der Waals surface area (Å²) in [6.45, 7) is 0. The van der Waals surface area contributed by atoms with E-state index in [1.807, 2.05) is 0 Å². The number of rotatable bonds is 0. The van der Waals surface area contributed by atoms with Crippen molar-refractivity contribution in [1.82, 2.24) is 0 Å². The highest BCUT2D eigenvalue weighted by Gasteiger charge is 2.52. The van der Waals surface area contributed by atoms with Gasteiger partial charge in [-0.25, -0.2) is 0 Å². The predicted molar refractivity (Wildman–Crippen MR) is 39.1 cm³/mol. The average Bonchev–Trinajstić information content (AvgIpc) is 2.60. The van der Waals surface area contributed by atoms with Gasteiger partial charge in [-0.3, -0.25) is 0 Å². The zero-order chi connectivity index (χ0) is 7.90. The van der Waals surface area contributed by atoms with Crippen molar-refractivity contribution in [2.45, 2.75) is 25.7 Å². The van der Waals surface area contributed by atoms with Crippen LogP contribution in [0.2, 0.25) is 0 Å². The minimum atomic E-state index is -0.237. The third kappa shape index (κ3) is 0.701. The highest BCUT2D eigenvalue weighted by molar-refractivity contribution is 5.18. The Hall–Kier alpha value is -1.02. The second-order valence-corrected chi connectivity index (χ2v) is 3.79. The highest BCUT2D eigenvalue weighted by atomic mass is 14.6. The molecule has 2 aliphatic rings. The zero-order valence-electron chi connectivity index (χ0n) is 6.38. The average molecular weight is 146 g/mol. The van der Waals surface area contributed by atoms with Gasteiger partial charge in [0.15, 0.2) is 0 Å². The van der Waals surface area contributed by atoms with Crippen LogP contribution < -0.4 is 0 Å². The minimum absolute atomic E-state index is 0.0336. The molecule has 0 radical (unpaired) electrons. The monoisotopic (exact) mass is 146 g/mol. The molecule has 3 atom stereocenters. The molecule has 0 aromatic carbocycles. The van der Waals surface area contributed by atoms with Gasteiger partial charge in [-0.2, -0.15) is 10.5 Å². The Balaban J connectivity index is 2.32. The molecule has 0 spiro atoms. The van der Waals surface area contributed by atoms with Gasteiger partial charge in [-0.15, -0.1) is 0 Å². The molecule has 0 aromatic heterocycles. The molecule has 2 aliphatic carbocycles. The SMILES string of the molecule is N#CC1CC2CCC1(C#N)C2. The van der Waals surface area contributed by atoms with Crippen LogP contribution in [0, 0.1) is 39.9 Å². The fourth-order valence-electron chi connectivity index (χ4n) is 2.61. The van der Waals surface area contributed by atoms with E-state index in [0.717, 1.165) is 19.3 Å². The fraction of sp³-hybridized carbons (Fsp3) is 0.778. The minimum Gasteiger partial charge on any atom is -0.198 e. The normalized spacial score (nSPS) is 46.7. The largest absolute Gasteiger partial charge is 0.198 e. The van der Waals surface area contributed by atoms with E-state index in [0.29, 0.717) is 5.92 Å². The van der Waals surface area contributed by atoms with Gasteiger partial charge in [0.05, 0.1) is 23.5 Å². The molecule has 2 bridgehead atoms. The van der Waals surface area contributed by atoms with E-state index in [9.17, 15) is 0 Å². The quantitative estimate of drug-likeness (QED) is 0.523. The van der Waals surface area contributed by atoms with Crippen molar-refractivity contribution in [2.24, 2.45) is 17.3 Å². The zero-order valence-corrected chi connectivity index (χ0v) is 6.38. The summed E-state index contributed by atoms with van der Waals surface area (Å²) < 4.78 is 0. The molecule has 0 N–H and O–H groups in total. The van der Waals surface area contributed by atoms with Crippen molar-refractivity contribution < 1.29 is 0 Å². The number of hydrogen-bond donors (Lipinski definition) is 0. The van der Waals surface area contributed by atoms with Crippen LogP contribution in [-0.2, 0) is 0 Å². The molecule has 0 amide bonds. The Morgan fingerprint density at radius 3 is 2.64 bits per heavy atom. The molecular weight excluding hydrogens is 136 g/mol. The molecule has 2 nitrogen and oxygen atoms in total. The molecular formula is C9H10N2. The summed E-state index contributed by atoms with van der Waals surface area (Å²) in [6, 6.07) is 4.61. The number of nitrogens with zero attached hydrogens (tertiary/aromatic N) is 2. The first-order valence-electron chi connectivity index (χ1n) is 4.11. The first-order valence-corrected chi connectivity index (χ1v) is 4.11. The van der Waals surface area contributed by atoms with E-state index in [-0.39, 0.29) is 11.3 Å². The van der Waals surface area contributed by atoms with Gasteiger partial charge >= 0.3 is 0 Å². The maximum Gasteiger partial charge on any atom is 0.0734 e. The topological polar surface area (TPSA) is 47.6 Å². The van der Waals surface area contributed by atoms with Crippen LogP contribution >= 0.6 is 0 Å². The Morgan fingerprint density at radius 2 is 2.18 bits per heavy atom. The van der Waals surface area contributed by atoms with Crippen molar-refractivity contribution in [1.29, 1.82) is 10.5 Å². The van der Waals surface area contributed by atoms with Crippen molar-refractivity contribution in [3.8, 4) is 12.1 Å². The first kappa shape index (κ1) is 6.68. The van der Waals surface area contributed by atoms with Crippen molar-refractivity contribution in [2.75, 3.05) is 0 Å². The number of fused-ring (bicyclic) bond motifs is 2. The molecule has 0 saturated heterocycles. The summed E-state index contributed by atoms with van der Waals surface area (Å²) in [6.07, 6.45) is 4.10. The van der Waals surface area contributed by atoms with Gasteiger partial charge in [-0.05, 0) is 31.6 Å². The van der Waals surface area contributed by atoms with Crippen molar-refractivity contribution in [3.05, 3.63) is 0 Å². The van der Waals surface area contributed by atoms with Gasteiger partial charge in [0.1, 0.15) is 0 Å². The van der Waals surface area contributed by atoms with Crippen molar-refractivity contribution in [3.63, 3.8) is 0 Å². The van der Waals surface area contributed by atoms with Crippen LogP contribution in [0.15, 0.2) is 0 Å². The second kappa shape index (κ2) is 1.98. The van der Waals surface area contributed by atoms with Gasteiger partial charge in [0.2, 0.25) is 0 Å². The summed E-state index contributed by atoms with van der Waals surface area (Å²) in [5, 5.41) is 17.7. The van der Waals surface area contributed by atoms with Crippen LogP contribution in [0.1, 0.15) is 25.7 Å². The van der Waals surface area contributed by atoms with Gasteiger partial charge in [-0.1, -0.05) is 0 Å². The lowest BCUT2D eigenvalue weighted by molar-refractivity contribution is 0.318. The molecule has 2 fully saturated rings. The maximum atomic E-state index is 8.94. The first-order chi connectivity index (χ1) is 5.30. The summed E-state index contributed by atoms with van der Waals surface area (Å²) in [7, 11) is 0. The molecule has 56 valence electrons. The van der Waals surface area contributed by atoms with Gasteiger partial charge < -0.3 is 0 Å². The fourth-order valence-corrected chi connectivity index (χ4v) is 2.61. The van der Waals surface area contributed by atoms with E-state index < -0.39 is 0 Å². The van der Waals surface area contributed by atoms with Crippen LogP contribution in [0.5, 0.6) is 0 Å². The molecule has 0 aliphatic heterocycles. The predicted octanol–water partition coefficient (Wildman–Crippen LogP) is 1.84. The van der Waals surface area contributed by atoms with Crippen LogP contribution in [0.4, 0.5) is 0 Å². The number of nitriles is 2. The summed E-state index contributed by atoms with van der Waals surface area (Å²) >= 11 is 0. The Morgan fingerprint density at radius 1 is 1.36 bits per heavy atom. The lowest BCUT2D eigenvalue weighted by Gasteiger charge is -2.22. The molecule has 3 unspecified atom stereocenters. The number of hydrogen-bond acceptors (Lipinski definition) is 2. The van der Waals surface area contributed by atoms with E-state index >= 15 is 0 Å². The molecule has 2 saturated carbocycles. The van der Waals surface area contributed by atoms with Gasteiger partial charge in [0.25, 0.3) is 0 Å². The molecule has 2 heteroatoms.